The van der Waals surface area contributed by atoms with Crippen molar-refractivity contribution in [2.45, 2.75) is 18.4 Å². The number of ether oxygens (including phenoxy) is 4. The molecule has 0 aliphatic heterocycles. The molecule has 0 aliphatic carbocycles. The zero-order chi connectivity index (χ0) is 27.2. The van der Waals surface area contributed by atoms with E-state index < -0.39 is 10.0 Å². The van der Waals surface area contributed by atoms with Gasteiger partial charge in [-0.25, -0.2) is 8.42 Å². The number of likely N-dealkylation sites (N-methyl/N-ethyl adjacent to an activating group) is 1. The zero-order valence-corrected chi connectivity index (χ0v) is 22.8. The van der Waals surface area contributed by atoms with Crippen molar-refractivity contribution in [3.63, 3.8) is 0 Å². The van der Waals surface area contributed by atoms with Gasteiger partial charge in [-0.05, 0) is 72.6 Å². The Hall–Kier alpha value is -3.63. The highest BCUT2D eigenvalue weighted by Gasteiger charge is 2.18. The van der Waals surface area contributed by atoms with Crippen molar-refractivity contribution in [3.05, 3.63) is 70.7 Å². The lowest BCUT2D eigenvalue weighted by Gasteiger charge is -2.20. The van der Waals surface area contributed by atoms with E-state index in [1.807, 2.05) is 0 Å². The van der Waals surface area contributed by atoms with Gasteiger partial charge in [0.1, 0.15) is 5.75 Å². The van der Waals surface area contributed by atoms with Crippen molar-refractivity contribution >= 4 is 33.2 Å². The fraction of sp³-hybridized carbons (Fsp3) is 0.269. The van der Waals surface area contributed by atoms with E-state index in [0.29, 0.717) is 39.3 Å². The second-order valence-electron chi connectivity index (χ2n) is 8.11. The molecule has 0 bridgehead atoms. The highest BCUT2D eigenvalue weighted by molar-refractivity contribution is 7.92. The lowest BCUT2D eigenvalue weighted by Crippen LogP contribution is -2.31. The lowest BCUT2D eigenvalue weighted by atomic mass is 10.1. The van der Waals surface area contributed by atoms with Gasteiger partial charge < -0.3 is 23.8 Å². The molecule has 0 spiro atoms. The fourth-order valence-electron chi connectivity index (χ4n) is 3.52. The molecule has 37 heavy (non-hydrogen) atoms. The van der Waals surface area contributed by atoms with Gasteiger partial charge in [-0.3, -0.25) is 9.52 Å². The molecule has 1 amide bonds. The van der Waals surface area contributed by atoms with Gasteiger partial charge in [0, 0.05) is 24.3 Å². The van der Waals surface area contributed by atoms with Crippen LogP contribution in [0.5, 0.6) is 23.0 Å². The molecular formula is C26H29ClN2O7S. The number of carbonyl (C=O) groups excluding carboxylic acids is 1. The SMILES string of the molecule is COc1cc(CN(C)C(=O)COc2ccc(S(=O)(=O)Nc3ccc(Cl)cc3)cc2C)cc(OC)c1OC. The summed E-state index contributed by atoms with van der Waals surface area (Å²) < 4.78 is 49.7. The first-order valence-corrected chi connectivity index (χ1v) is 13.0. The van der Waals surface area contributed by atoms with E-state index in [1.54, 1.807) is 50.4 Å². The highest BCUT2D eigenvalue weighted by atomic mass is 35.5. The number of sulfonamides is 1. The molecule has 0 fully saturated rings. The molecule has 0 radical (unpaired) electrons. The first-order chi connectivity index (χ1) is 17.6. The van der Waals surface area contributed by atoms with Crippen molar-refractivity contribution in [2.75, 3.05) is 39.7 Å². The van der Waals surface area contributed by atoms with Gasteiger partial charge in [0.25, 0.3) is 15.9 Å². The predicted molar refractivity (Wildman–Crippen MR) is 142 cm³/mol. The number of nitrogens with zero attached hydrogens (tertiary/aromatic N) is 1. The van der Waals surface area contributed by atoms with Crippen LogP contribution in [0.15, 0.2) is 59.5 Å². The molecule has 0 heterocycles. The van der Waals surface area contributed by atoms with Crippen LogP contribution >= 0.6 is 11.6 Å². The van der Waals surface area contributed by atoms with E-state index in [-0.39, 0.29) is 24.0 Å². The Balaban J connectivity index is 1.64. The smallest absolute Gasteiger partial charge is 0.261 e. The summed E-state index contributed by atoms with van der Waals surface area (Å²) in [5.41, 5.74) is 1.74. The first kappa shape index (κ1) is 27.9. The van der Waals surface area contributed by atoms with Crippen LogP contribution in [0.1, 0.15) is 11.1 Å². The van der Waals surface area contributed by atoms with Crippen LogP contribution in [-0.2, 0) is 21.4 Å². The fourth-order valence-corrected chi connectivity index (χ4v) is 4.79. The number of halogens is 1. The Morgan fingerprint density at radius 3 is 2.08 bits per heavy atom. The summed E-state index contributed by atoms with van der Waals surface area (Å²) in [6.07, 6.45) is 0. The van der Waals surface area contributed by atoms with E-state index in [9.17, 15) is 13.2 Å². The maximum atomic E-state index is 12.7. The third-order valence-electron chi connectivity index (χ3n) is 5.47. The van der Waals surface area contributed by atoms with Crippen LogP contribution in [0.4, 0.5) is 5.69 Å². The lowest BCUT2D eigenvalue weighted by molar-refractivity contribution is -0.132. The summed E-state index contributed by atoms with van der Waals surface area (Å²) in [6.45, 7) is 1.77. The number of benzene rings is 3. The quantitative estimate of drug-likeness (QED) is 0.376. The molecule has 3 rings (SSSR count). The predicted octanol–water partition coefficient (Wildman–Crippen LogP) is 4.51. The molecule has 0 saturated heterocycles. The summed E-state index contributed by atoms with van der Waals surface area (Å²) in [7, 11) is 2.41. The monoisotopic (exact) mass is 548 g/mol. The summed E-state index contributed by atoms with van der Waals surface area (Å²) in [4.78, 5) is 14.3. The van der Waals surface area contributed by atoms with E-state index >= 15 is 0 Å². The molecule has 11 heteroatoms. The molecule has 198 valence electrons. The van der Waals surface area contributed by atoms with Crippen molar-refractivity contribution in [1.29, 1.82) is 0 Å². The summed E-state index contributed by atoms with van der Waals surface area (Å²) in [6, 6.07) is 14.3. The minimum absolute atomic E-state index is 0.0677. The molecule has 0 aromatic heterocycles. The van der Waals surface area contributed by atoms with Crippen LogP contribution < -0.4 is 23.7 Å². The van der Waals surface area contributed by atoms with Gasteiger partial charge in [0.15, 0.2) is 18.1 Å². The Morgan fingerprint density at radius 2 is 1.54 bits per heavy atom. The van der Waals surface area contributed by atoms with Gasteiger partial charge in [-0.2, -0.15) is 0 Å². The number of carbonyl (C=O) groups is 1. The molecule has 3 aromatic rings. The Bertz CT molecular complexity index is 1340. The van der Waals surface area contributed by atoms with Gasteiger partial charge in [0.2, 0.25) is 5.75 Å². The molecule has 0 atom stereocenters. The molecule has 1 N–H and O–H groups in total. The highest BCUT2D eigenvalue weighted by Crippen LogP contribution is 2.38. The average molecular weight is 549 g/mol. The third-order valence-corrected chi connectivity index (χ3v) is 7.11. The van der Waals surface area contributed by atoms with E-state index in [2.05, 4.69) is 4.72 Å². The number of hydrogen-bond acceptors (Lipinski definition) is 7. The van der Waals surface area contributed by atoms with E-state index in [4.69, 9.17) is 30.5 Å². The molecule has 0 unspecified atom stereocenters. The number of amides is 1. The first-order valence-electron chi connectivity index (χ1n) is 11.1. The van der Waals surface area contributed by atoms with Crippen molar-refractivity contribution in [3.8, 4) is 23.0 Å². The average Bonchev–Trinajstić information content (AvgIpc) is 2.88. The number of anilines is 1. The largest absolute Gasteiger partial charge is 0.493 e. The van der Waals surface area contributed by atoms with Gasteiger partial charge >= 0.3 is 0 Å². The molecule has 3 aromatic carbocycles. The summed E-state index contributed by atoms with van der Waals surface area (Å²) >= 11 is 5.85. The van der Waals surface area contributed by atoms with Crippen LogP contribution in [0.2, 0.25) is 5.02 Å². The van der Waals surface area contributed by atoms with Gasteiger partial charge in [-0.1, -0.05) is 11.6 Å². The van der Waals surface area contributed by atoms with Crippen molar-refractivity contribution in [1.82, 2.24) is 4.90 Å². The number of nitrogens with one attached hydrogen (secondary N) is 1. The second kappa shape index (κ2) is 12.1. The molecule has 0 saturated carbocycles. The molecular weight excluding hydrogens is 520 g/mol. The Morgan fingerprint density at radius 1 is 0.919 bits per heavy atom. The maximum absolute atomic E-state index is 12.7. The number of hydrogen-bond donors (Lipinski definition) is 1. The maximum Gasteiger partial charge on any atom is 0.261 e. The third kappa shape index (κ3) is 6.99. The van der Waals surface area contributed by atoms with Crippen molar-refractivity contribution < 1.29 is 32.2 Å². The summed E-state index contributed by atoms with van der Waals surface area (Å²) in [5, 5.41) is 0.504. The normalized spacial score (nSPS) is 11.0. The van der Waals surface area contributed by atoms with Crippen LogP contribution in [0.25, 0.3) is 0 Å². The zero-order valence-electron chi connectivity index (χ0n) is 21.2. The number of methoxy groups -OCH3 is 3. The molecule has 0 aliphatic rings. The second-order valence-corrected chi connectivity index (χ2v) is 10.2. The number of aryl methyl sites for hydroxylation is 1. The standard InChI is InChI=1S/C26H29ClN2O7S/c1-17-12-21(37(31,32)28-20-8-6-19(27)7-9-20)10-11-22(17)36-16-25(30)29(2)15-18-13-23(33-3)26(35-5)24(14-18)34-4/h6-14,28H,15-16H2,1-5H3. The van der Waals surface area contributed by atoms with E-state index in [1.165, 1.54) is 44.4 Å². The van der Waals surface area contributed by atoms with Gasteiger partial charge in [0.05, 0.1) is 26.2 Å². The van der Waals surface area contributed by atoms with Crippen molar-refractivity contribution in [2.24, 2.45) is 0 Å². The Kier molecular flexibility index (Phi) is 9.12. The van der Waals surface area contributed by atoms with Crippen LogP contribution in [0, 0.1) is 6.92 Å². The number of rotatable bonds is 11. The minimum Gasteiger partial charge on any atom is -0.493 e. The molecule has 9 nitrogen and oxygen atoms in total. The van der Waals surface area contributed by atoms with Crippen LogP contribution in [0.3, 0.4) is 0 Å². The minimum atomic E-state index is -3.81. The Labute approximate surface area is 221 Å². The van der Waals surface area contributed by atoms with Crippen LogP contribution in [-0.4, -0.2) is 54.2 Å². The van der Waals surface area contributed by atoms with Gasteiger partial charge in [-0.15, -0.1) is 0 Å². The topological polar surface area (TPSA) is 103 Å². The van der Waals surface area contributed by atoms with E-state index in [0.717, 1.165) is 5.56 Å². The summed E-state index contributed by atoms with van der Waals surface area (Å²) in [5.74, 6) is 1.58.